The molecule has 2 saturated heterocycles. The number of aliphatic hydroxyl groups excluding tert-OH is 1. The number of hydrogen-bond donors (Lipinski definition) is 1. The molecule has 7 nitrogen and oxygen atoms in total. The van der Waals surface area contributed by atoms with Crippen LogP contribution in [0, 0.1) is 6.92 Å². The van der Waals surface area contributed by atoms with E-state index in [1.165, 1.54) is 0 Å². The number of morpholine rings is 1. The number of likely N-dealkylation sites (tertiary alicyclic amines) is 1. The Balaban J connectivity index is 1.64. The maximum atomic E-state index is 13.2. The summed E-state index contributed by atoms with van der Waals surface area (Å²) in [6, 6.07) is 14.1. The van der Waals surface area contributed by atoms with Crippen molar-refractivity contribution in [3.8, 4) is 5.75 Å². The minimum atomic E-state index is -0.651. The standard InChI is InChI=1S/C28H34N2O5/c1-19(2)35-23-11-9-22(10-12-23)26(31)24-25(21-7-5-20(3)6-8-21)30(28(33)27(24)32)14-4-13-29-15-17-34-18-16-29/h5-12,19,25,31H,4,13-18H2,1-3H3/t25-/m1/s1. The minimum absolute atomic E-state index is 0.0266. The van der Waals surface area contributed by atoms with E-state index in [4.69, 9.17) is 9.47 Å². The van der Waals surface area contributed by atoms with E-state index in [9.17, 15) is 14.7 Å². The molecule has 2 aliphatic rings. The molecule has 0 saturated carbocycles. The number of ketones is 1. The summed E-state index contributed by atoms with van der Waals surface area (Å²) in [6.45, 7) is 10.3. The summed E-state index contributed by atoms with van der Waals surface area (Å²) in [4.78, 5) is 30.2. The fraction of sp³-hybridized carbons (Fsp3) is 0.429. The molecule has 0 unspecified atom stereocenters. The molecule has 0 aromatic heterocycles. The molecular formula is C28H34N2O5. The van der Waals surface area contributed by atoms with E-state index in [1.54, 1.807) is 29.2 Å². The van der Waals surface area contributed by atoms with Gasteiger partial charge in [-0.3, -0.25) is 14.5 Å². The van der Waals surface area contributed by atoms with Gasteiger partial charge in [-0.25, -0.2) is 0 Å². The molecule has 0 bridgehead atoms. The zero-order valence-electron chi connectivity index (χ0n) is 20.7. The van der Waals surface area contributed by atoms with Crippen LogP contribution in [0.2, 0.25) is 0 Å². The second kappa shape index (κ2) is 11.1. The third kappa shape index (κ3) is 5.74. The largest absolute Gasteiger partial charge is 0.507 e. The highest BCUT2D eigenvalue weighted by Gasteiger charge is 2.45. The van der Waals surface area contributed by atoms with Gasteiger partial charge in [0.15, 0.2) is 0 Å². The van der Waals surface area contributed by atoms with Gasteiger partial charge in [-0.1, -0.05) is 29.8 Å². The van der Waals surface area contributed by atoms with Gasteiger partial charge in [0.2, 0.25) is 0 Å². The molecule has 4 rings (SSSR count). The Bertz CT molecular complexity index is 1070. The van der Waals surface area contributed by atoms with Crippen molar-refractivity contribution in [2.45, 2.75) is 39.3 Å². The van der Waals surface area contributed by atoms with Crippen LogP contribution in [0.4, 0.5) is 0 Å². The number of rotatable bonds is 8. The smallest absolute Gasteiger partial charge is 0.295 e. The van der Waals surface area contributed by atoms with Crippen molar-refractivity contribution in [1.82, 2.24) is 9.80 Å². The molecule has 2 heterocycles. The molecule has 0 radical (unpaired) electrons. The average Bonchev–Trinajstić information content (AvgIpc) is 3.10. The number of ether oxygens (including phenoxy) is 2. The molecule has 186 valence electrons. The molecule has 0 spiro atoms. The molecule has 1 N–H and O–H groups in total. The van der Waals surface area contributed by atoms with Gasteiger partial charge >= 0.3 is 0 Å². The van der Waals surface area contributed by atoms with E-state index in [-0.39, 0.29) is 17.4 Å². The Labute approximate surface area is 206 Å². The number of carbonyl (C=O) groups excluding carboxylic acids is 2. The predicted molar refractivity (Wildman–Crippen MR) is 134 cm³/mol. The van der Waals surface area contributed by atoms with Crippen LogP contribution >= 0.6 is 0 Å². The number of hydrogen-bond acceptors (Lipinski definition) is 6. The fourth-order valence-corrected chi connectivity index (χ4v) is 4.61. The highest BCUT2D eigenvalue weighted by molar-refractivity contribution is 6.46. The van der Waals surface area contributed by atoms with Crippen LogP contribution in [0.25, 0.3) is 5.76 Å². The van der Waals surface area contributed by atoms with E-state index in [0.717, 1.165) is 50.4 Å². The molecule has 2 aromatic rings. The molecule has 2 fully saturated rings. The summed E-state index contributed by atoms with van der Waals surface area (Å²) in [7, 11) is 0. The molecule has 0 aliphatic carbocycles. The second-order valence-electron chi connectivity index (χ2n) is 9.40. The Morgan fingerprint density at radius 1 is 1.03 bits per heavy atom. The second-order valence-corrected chi connectivity index (χ2v) is 9.40. The number of nitrogens with zero attached hydrogens (tertiary/aromatic N) is 2. The van der Waals surface area contributed by atoms with Gasteiger partial charge in [0.25, 0.3) is 11.7 Å². The summed E-state index contributed by atoms with van der Waals surface area (Å²) < 4.78 is 11.1. The molecule has 1 atom stereocenters. The topological polar surface area (TPSA) is 79.3 Å². The third-order valence-corrected chi connectivity index (χ3v) is 6.41. The maximum Gasteiger partial charge on any atom is 0.295 e. The van der Waals surface area contributed by atoms with Crippen molar-refractivity contribution in [2.24, 2.45) is 0 Å². The quantitative estimate of drug-likeness (QED) is 0.352. The van der Waals surface area contributed by atoms with Crippen molar-refractivity contribution >= 4 is 17.4 Å². The number of Topliss-reactive ketones (excluding diaryl/α,β-unsaturated/α-hetero) is 1. The number of aliphatic hydroxyl groups is 1. The molecule has 2 aromatic carbocycles. The van der Waals surface area contributed by atoms with Crippen LogP contribution < -0.4 is 4.74 Å². The summed E-state index contributed by atoms with van der Waals surface area (Å²) in [5.74, 6) is -0.711. The maximum absolute atomic E-state index is 13.2. The Morgan fingerprint density at radius 3 is 2.31 bits per heavy atom. The Morgan fingerprint density at radius 2 is 1.69 bits per heavy atom. The van der Waals surface area contributed by atoms with Gasteiger partial charge in [-0.2, -0.15) is 0 Å². The Hall–Kier alpha value is -3.16. The Kier molecular flexibility index (Phi) is 7.88. The molecule has 35 heavy (non-hydrogen) atoms. The van der Waals surface area contributed by atoms with Crippen LogP contribution in [0.1, 0.15) is 43.0 Å². The number of amides is 1. The van der Waals surface area contributed by atoms with Gasteiger partial charge in [0.1, 0.15) is 11.5 Å². The first-order chi connectivity index (χ1) is 16.8. The van der Waals surface area contributed by atoms with Crippen molar-refractivity contribution in [3.63, 3.8) is 0 Å². The van der Waals surface area contributed by atoms with Crippen molar-refractivity contribution in [2.75, 3.05) is 39.4 Å². The number of carbonyl (C=O) groups is 2. The van der Waals surface area contributed by atoms with Crippen LogP contribution in [-0.4, -0.2) is 72.1 Å². The summed E-state index contributed by atoms with van der Waals surface area (Å²) >= 11 is 0. The first-order valence-corrected chi connectivity index (χ1v) is 12.3. The summed E-state index contributed by atoms with van der Waals surface area (Å²) in [5.41, 5.74) is 2.49. The zero-order chi connectivity index (χ0) is 24.9. The highest BCUT2D eigenvalue weighted by Crippen LogP contribution is 2.39. The van der Waals surface area contributed by atoms with Crippen LogP contribution in [-0.2, 0) is 14.3 Å². The van der Waals surface area contributed by atoms with E-state index >= 15 is 0 Å². The van der Waals surface area contributed by atoms with Crippen molar-refractivity contribution < 1.29 is 24.2 Å². The average molecular weight is 479 g/mol. The number of aryl methyl sites for hydroxylation is 1. The first-order valence-electron chi connectivity index (χ1n) is 12.3. The third-order valence-electron chi connectivity index (χ3n) is 6.41. The van der Waals surface area contributed by atoms with E-state index < -0.39 is 17.7 Å². The lowest BCUT2D eigenvalue weighted by Crippen LogP contribution is -2.38. The van der Waals surface area contributed by atoms with E-state index in [2.05, 4.69) is 4.90 Å². The number of benzene rings is 2. The molecule has 1 amide bonds. The molecule has 7 heteroatoms. The van der Waals surface area contributed by atoms with Crippen LogP contribution in [0.5, 0.6) is 5.75 Å². The monoisotopic (exact) mass is 478 g/mol. The van der Waals surface area contributed by atoms with Crippen LogP contribution in [0.3, 0.4) is 0 Å². The van der Waals surface area contributed by atoms with Gasteiger partial charge in [0.05, 0.1) is 30.9 Å². The van der Waals surface area contributed by atoms with E-state index in [1.807, 2.05) is 45.0 Å². The lowest BCUT2D eigenvalue weighted by molar-refractivity contribution is -0.140. The van der Waals surface area contributed by atoms with Crippen LogP contribution in [0.15, 0.2) is 54.1 Å². The minimum Gasteiger partial charge on any atom is -0.507 e. The summed E-state index contributed by atoms with van der Waals surface area (Å²) in [5, 5.41) is 11.2. The van der Waals surface area contributed by atoms with Gasteiger partial charge in [-0.05, 0) is 57.0 Å². The lowest BCUT2D eigenvalue weighted by Gasteiger charge is -2.29. The highest BCUT2D eigenvalue weighted by atomic mass is 16.5. The fourth-order valence-electron chi connectivity index (χ4n) is 4.61. The zero-order valence-corrected chi connectivity index (χ0v) is 20.7. The lowest BCUT2D eigenvalue weighted by atomic mass is 9.94. The van der Waals surface area contributed by atoms with Crippen molar-refractivity contribution in [1.29, 1.82) is 0 Å². The molecule has 2 aliphatic heterocycles. The van der Waals surface area contributed by atoms with Crippen molar-refractivity contribution in [3.05, 3.63) is 70.8 Å². The summed E-state index contributed by atoms with van der Waals surface area (Å²) in [6.07, 6.45) is 0.759. The predicted octanol–water partition coefficient (Wildman–Crippen LogP) is 3.93. The van der Waals surface area contributed by atoms with E-state index in [0.29, 0.717) is 17.9 Å². The van der Waals surface area contributed by atoms with Gasteiger partial charge < -0.3 is 19.5 Å². The SMILES string of the molecule is Cc1ccc([C@@H]2C(=C(O)c3ccc(OC(C)C)cc3)C(=O)C(=O)N2CCCN2CCOCC2)cc1. The first kappa shape index (κ1) is 24.9. The normalized spacial score (nSPS) is 20.6. The van der Waals surface area contributed by atoms with Gasteiger partial charge in [0, 0.05) is 31.7 Å². The van der Waals surface area contributed by atoms with Gasteiger partial charge in [-0.15, -0.1) is 0 Å². The molecular weight excluding hydrogens is 444 g/mol.